The molecule has 2 rings (SSSR count). The number of hydrogen-bond acceptors (Lipinski definition) is 3. The van der Waals surface area contributed by atoms with Crippen LogP contribution in [0.4, 0.5) is 18.9 Å². The van der Waals surface area contributed by atoms with Crippen molar-refractivity contribution in [1.29, 1.82) is 0 Å². The molecule has 0 saturated heterocycles. The first-order valence-electron chi connectivity index (χ1n) is 7.22. The Hall–Kier alpha value is -2.10. The first-order valence-corrected chi connectivity index (χ1v) is 9.08. The lowest BCUT2D eigenvalue weighted by Gasteiger charge is -2.12. The van der Waals surface area contributed by atoms with Crippen molar-refractivity contribution >= 4 is 33.2 Å². The van der Waals surface area contributed by atoms with Gasteiger partial charge in [-0.1, -0.05) is 29.3 Å². The lowest BCUT2D eigenvalue weighted by molar-refractivity contribution is -0.137. The van der Waals surface area contributed by atoms with Gasteiger partial charge in [0.05, 0.1) is 27.7 Å². The van der Waals surface area contributed by atoms with E-state index in [-0.39, 0.29) is 15.6 Å². The van der Waals surface area contributed by atoms with Crippen molar-refractivity contribution in [2.45, 2.75) is 18.0 Å². The van der Waals surface area contributed by atoms with Gasteiger partial charge in [0, 0.05) is 0 Å². The van der Waals surface area contributed by atoms with Gasteiger partial charge in [-0.15, -0.1) is 0 Å². The van der Waals surface area contributed by atoms with Crippen molar-refractivity contribution in [1.82, 2.24) is 4.72 Å². The quantitative estimate of drug-likeness (QED) is 0.796. The molecule has 0 saturated carbocycles. The Morgan fingerprint density at radius 1 is 1.12 bits per heavy atom. The second-order valence-corrected chi connectivity index (χ2v) is 7.55. The van der Waals surface area contributed by atoms with Crippen LogP contribution in [0.5, 0.6) is 0 Å². The number of rotatable bonds is 5. The van der Waals surface area contributed by atoms with Crippen molar-refractivity contribution < 1.29 is 26.4 Å². The molecular weight excluding hydrogens is 393 g/mol. The van der Waals surface area contributed by atoms with E-state index >= 15 is 0 Å². The van der Waals surface area contributed by atoms with E-state index in [2.05, 4.69) is 10.0 Å². The van der Waals surface area contributed by atoms with E-state index in [1.54, 1.807) is 19.1 Å². The van der Waals surface area contributed by atoms with Crippen LogP contribution >= 0.6 is 11.6 Å². The SMILES string of the molecule is Cc1ccc(S(=O)(=O)NCC(=O)Nc2cc(C(F)(F)F)ccc2Cl)cc1. The van der Waals surface area contributed by atoms with Crippen LogP contribution in [-0.4, -0.2) is 20.9 Å². The van der Waals surface area contributed by atoms with E-state index in [1.165, 1.54) is 12.1 Å². The molecular formula is C16H14ClF3N2O3S. The van der Waals surface area contributed by atoms with Crippen LogP contribution in [0.15, 0.2) is 47.4 Å². The second kappa shape index (κ2) is 7.65. The summed E-state index contributed by atoms with van der Waals surface area (Å²) < 4.78 is 64.4. The number of halogens is 4. The molecule has 1 amide bonds. The predicted molar refractivity (Wildman–Crippen MR) is 91.5 cm³/mol. The Labute approximate surface area is 153 Å². The smallest absolute Gasteiger partial charge is 0.324 e. The zero-order valence-electron chi connectivity index (χ0n) is 13.4. The highest BCUT2D eigenvalue weighted by atomic mass is 35.5. The van der Waals surface area contributed by atoms with Gasteiger partial charge in [-0.3, -0.25) is 4.79 Å². The predicted octanol–water partition coefficient (Wildman–Crippen LogP) is 3.58. The molecule has 0 fully saturated rings. The van der Waals surface area contributed by atoms with Crippen LogP contribution in [0.25, 0.3) is 0 Å². The van der Waals surface area contributed by atoms with Crippen molar-refractivity contribution in [3.8, 4) is 0 Å². The summed E-state index contributed by atoms with van der Waals surface area (Å²) in [5, 5.41) is 2.05. The van der Waals surface area contributed by atoms with E-state index in [4.69, 9.17) is 11.6 Å². The topological polar surface area (TPSA) is 75.3 Å². The molecule has 0 aliphatic rings. The van der Waals surface area contributed by atoms with E-state index in [9.17, 15) is 26.4 Å². The molecule has 140 valence electrons. The number of anilines is 1. The standard InChI is InChI=1S/C16H14ClF3N2O3S/c1-10-2-5-12(6-3-10)26(24,25)21-9-15(23)22-14-8-11(16(18,19)20)4-7-13(14)17/h2-8,21H,9H2,1H3,(H,22,23). The Bertz CT molecular complexity index is 913. The van der Waals surface area contributed by atoms with Gasteiger partial charge in [0.25, 0.3) is 0 Å². The third-order valence-corrected chi connectivity index (χ3v) is 5.07. The fourth-order valence-electron chi connectivity index (χ4n) is 1.95. The van der Waals surface area contributed by atoms with Crippen molar-refractivity contribution in [3.63, 3.8) is 0 Å². The summed E-state index contributed by atoms with van der Waals surface area (Å²) in [5.41, 5.74) is -0.389. The summed E-state index contributed by atoms with van der Waals surface area (Å²) in [6, 6.07) is 8.38. The summed E-state index contributed by atoms with van der Waals surface area (Å²) >= 11 is 5.77. The molecule has 26 heavy (non-hydrogen) atoms. The van der Waals surface area contributed by atoms with Gasteiger partial charge < -0.3 is 5.32 Å². The fourth-order valence-corrected chi connectivity index (χ4v) is 3.10. The molecule has 2 N–H and O–H groups in total. The third kappa shape index (κ3) is 5.20. The zero-order valence-corrected chi connectivity index (χ0v) is 15.0. The van der Waals surface area contributed by atoms with Gasteiger partial charge in [0.15, 0.2) is 0 Å². The maximum absolute atomic E-state index is 12.7. The molecule has 0 atom stereocenters. The van der Waals surface area contributed by atoms with Gasteiger partial charge in [-0.05, 0) is 37.3 Å². The molecule has 0 aliphatic carbocycles. The summed E-state index contributed by atoms with van der Waals surface area (Å²) in [6.45, 7) is 1.12. The highest BCUT2D eigenvalue weighted by molar-refractivity contribution is 7.89. The van der Waals surface area contributed by atoms with E-state index < -0.39 is 34.2 Å². The van der Waals surface area contributed by atoms with Crippen LogP contribution in [-0.2, 0) is 21.0 Å². The van der Waals surface area contributed by atoms with Crippen LogP contribution in [0.2, 0.25) is 5.02 Å². The number of alkyl halides is 3. The first-order chi connectivity index (χ1) is 12.0. The van der Waals surface area contributed by atoms with Gasteiger partial charge in [-0.2, -0.15) is 13.2 Å². The minimum absolute atomic E-state index is 0.0343. The maximum atomic E-state index is 12.7. The molecule has 0 heterocycles. The average molecular weight is 407 g/mol. The second-order valence-electron chi connectivity index (χ2n) is 5.38. The number of benzene rings is 2. The normalized spacial score (nSPS) is 12.0. The van der Waals surface area contributed by atoms with E-state index in [1.807, 2.05) is 0 Å². The van der Waals surface area contributed by atoms with Crippen molar-refractivity contribution in [2.75, 3.05) is 11.9 Å². The first kappa shape index (κ1) is 20.2. The van der Waals surface area contributed by atoms with Crippen molar-refractivity contribution in [3.05, 3.63) is 58.6 Å². The number of aryl methyl sites for hydroxylation is 1. The number of sulfonamides is 1. The largest absolute Gasteiger partial charge is 0.416 e. The Balaban J connectivity index is 2.06. The number of carbonyl (C=O) groups is 1. The summed E-state index contributed by atoms with van der Waals surface area (Å²) in [5.74, 6) is -0.859. The van der Waals surface area contributed by atoms with Gasteiger partial charge >= 0.3 is 6.18 Å². The minimum atomic E-state index is -4.60. The minimum Gasteiger partial charge on any atom is -0.324 e. The summed E-state index contributed by atoms with van der Waals surface area (Å²) in [6.07, 6.45) is -4.60. The van der Waals surface area contributed by atoms with Gasteiger partial charge in [0.1, 0.15) is 0 Å². The Kier molecular flexibility index (Phi) is 5.94. The lowest BCUT2D eigenvalue weighted by Crippen LogP contribution is -2.33. The molecule has 5 nitrogen and oxygen atoms in total. The summed E-state index contributed by atoms with van der Waals surface area (Å²) in [7, 11) is -3.93. The molecule has 0 aliphatic heterocycles. The van der Waals surface area contributed by atoms with E-state index in [0.717, 1.165) is 17.7 Å². The van der Waals surface area contributed by atoms with Crippen molar-refractivity contribution in [2.24, 2.45) is 0 Å². The highest BCUT2D eigenvalue weighted by Gasteiger charge is 2.31. The zero-order chi connectivity index (χ0) is 19.5. The Morgan fingerprint density at radius 3 is 2.31 bits per heavy atom. The molecule has 0 aromatic heterocycles. The molecule has 0 radical (unpaired) electrons. The monoisotopic (exact) mass is 406 g/mol. The van der Waals surface area contributed by atoms with Crippen LogP contribution < -0.4 is 10.0 Å². The highest BCUT2D eigenvalue weighted by Crippen LogP contribution is 2.33. The third-order valence-electron chi connectivity index (χ3n) is 3.32. The number of nitrogens with one attached hydrogen (secondary N) is 2. The van der Waals surface area contributed by atoms with Crippen LogP contribution in [0.1, 0.15) is 11.1 Å². The molecule has 0 spiro atoms. The molecule has 2 aromatic carbocycles. The summed E-state index contributed by atoms with van der Waals surface area (Å²) in [4.78, 5) is 11.8. The van der Waals surface area contributed by atoms with Crippen LogP contribution in [0.3, 0.4) is 0 Å². The molecule has 0 bridgehead atoms. The molecule has 0 unspecified atom stereocenters. The lowest BCUT2D eigenvalue weighted by atomic mass is 10.2. The fraction of sp³-hybridized carbons (Fsp3) is 0.188. The van der Waals surface area contributed by atoms with E-state index in [0.29, 0.717) is 6.07 Å². The van der Waals surface area contributed by atoms with Crippen LogP contribution in [0, 0.1) is 6.92 Å². The Morgan fingerprint density at radius 2 is 1.73 bits per heavy atom. The van der Waals surface area contributed by atoms with Gasteiger partial charge in [0.2, 0.25) is 15.9 Å². The molecule has 2 aromatic rings. The number of carbonyl (C=O) groups excluding carboxylic acids is 1. The molecule has 10 heteroatoms. The maximum Gasteiger partial charge on any atom is 0.416 e. The average Bonchev–Trinajstić information content (AvgIpc) is 2.54. The number of hydrogen-bond donors (Lipinski definition) is 2. The van der Waals surface area contributed by atoms with Gasteiger partial charge in [-0.25, -0.2) is 13.1 Å². The number of amides is 1.